The summed E-state index contributed by atoms with van der Waals surface area (Å²) in [6.07, 6.45) is 15.9. The normalized spacial score (nSPS) is 14.0. The zero-order valence-electron chi connectivity index (χ0n) is 13.6. The van der Waals surface area contributed by atoms with Crippen LogP contribution < -0.4 is 0 Å². The summed E-state index contributed by atoms with van der Waals surface area (Å²) >= 11 is 0. The van der Waals surface area contributed by atoms with E-state index in [0.29, 0.717) is 12.8 Å². The fraction of sp³-hybridized carbons (Fsp3) is 0.611. The lowest BCUT2D eigenvalue weighted by molar-refractivity contribution is -0.139. The summed E-state index contributed by atoms with van der Waals surface area (Å²) in [6.45, 7) is 2.19. The molecule has 1 unspecified atom stereocenters. The van der Waals surface area contributed by atoms with Gasteiger partial charge in [0.05, 0.1) is 12.5 Å². The number of hydrogen-bond donors (Lipinski definition) is 3. The van der Waals surface area contributed by atoms with E-state index in [2.05, 4.69) is 6.92 Å². The molecule has 0 aromatic heterocycles. The molecule has 0 aliphatic heterocycles. The predicted octanol–water partition coefficient (Wildman–Crippen LogP) is 4.52. The van der Waals surface area contributed by atoms with E-state index < -0.39 is 12.1 Å². The second-order valence-corrected chi connectivity index (χ2v) is 5.45. The van der Waals surface area contributed by atoms with E-state index in [4.69, 9.17) is 5.11 Å². The van der Waals surface area contributed by atoms with Gasteiger partial charge in [0, 0.05) is 0 Å². The quantitative estimate of drug-likeness (QED) is 0.265. The molecule has 126 valence electrons. The van der Waals surface area contributed by atoms with E-state index >= 15 is 0 Å². The van der Waals surface area contributed by atoms with E-state index in [1.165, 1.54) is 25.7 Å². The Bertz CT molecular complexity index is 369. The van der Waals surface area contributed by atoms with Crippen LogP contribution in [0.4, 0.5) is 0 Å². The van der Waals surface area contributed by atoms with E-state index in [0.717, 1.165) is 12.8 Å². The van der Waals surface area contributed by atoms with Gasteiger partial charge in [-0.15, -0.1) is 0 Å². The number of aliphatic carboxylic acids is 1. The molecule has 0 aromatic rings. The monoisotopic (exact) mass is 310 g/mol. The summed E-state index contributed by atoms with van der Waals surface area (Å²) in [5.74, 6) is -0.716. The molecule has 0 saturated heterocycles. The number of aliphatic hydroxyl groups is 2. The number of hydrogen-bond acceptors (Lipinski definition) is 3. The predicted molar refractivity (Wildman–Crippen MR) is 89.9 cm³/mol. The third kappa shape index (κ3) is 14.9. The summed E-state index contributed by atoms with van der Waals surface area (Å²) in [7, 11) is 0. The van der Waals surface area contributed by atoms with Crippen LogP contribution in [0.5, 0.6) is 0 Å². The molecule has 0 saturated carbocycles. The molecule has 0 aliphatic carbocycles. The molecule has 3 N–H and O–H groups in total. The number of carboxylic acid groups (broad SMARTS) is 1. The third-order valence-electron chi connectivity index (χ3n) is 3.25. The first-order valence-electron chi connectivity index (χ1n) is 8.18. The Balaban J connectivity index is 3.72. The summed E-state index contributed by atoms with van der Waals surface area (Å²) in [6, 6.07) is 0. The lowest BCUT2D eigenvalue weighted by atomic mass is 10.1. The molecule has 4 nitrogen and oxygen atoms in total. The fourth-order valence-electron chi connectivity index (χ4n) is 1.99. The van der Waals surface area contributed by atoms with Gasteiger partial charge in [0.15, 0.2) is 0 Å². The van der Waals surface area contributed by atoms with Crippen molar-refractivity contribution in [2.75, 3.05) is 0 Å². The minimum absolute atomic E-state index is 0.217. The van der Waals surface area contributed by atoms with Crippen molar-refractivity contribution in [2.45, 2.75) is 70.8 Å². The molecular formula is C18H30O4. The van der Waals surface area contributed by atoms with Gasteiger partial charge in [-0.2, -0.15) is 0 Å². The van der Waals surface area contributed by atoms with E-state index in [1.807, 2.05) is 12.2 Å². The van der Waals surface area contributed by atoms with E-state index in [1.54, 1.807) is 18.2 Å². The van der Waals surface area contributed by atoms with Crippen molar-refractivity contribution in [2.24, 2.45) is 0 Å². The molecule has 0 aliphatic rings. The number of carboxylic acids is 1. The highest BCUT2D eigenvalue weighted by atomic mass is 16.4. The summed E-state index contributed by atoms with van der Waals surface area (Å²) in [5, 5.41) is 27.5. The number of aliphatic hydroxyl groups excluding tert-OH is 2. The Labute approximate surface area is 133 Å². The molecule has 22 heavy (non-hydrogen) atoms. The summed E-state index contributed by atoms with van der Waals surface area (Å²) in [5.41, 5.74) is 0. The van der Waals surface area contributed by atoms with Crippen molar-refractivity contribution in [3.63, 3.8) is 0 Å². The first kappa shape index (κ1) is 20.5. The lowest BCUT2D eigenvalue weighted by Crippen LogP contribution is -2.11. The van der Waals surface area contributed by atoms with Gasteiger partial charge in [-0.05, 0) is 37.8 Å². The molecule has 4 heteroatoms. The Kier molecular flexibility index (Phi) is 13.4. The molecule has 0 heterocycles. The minimum atomic E-state index is -0.985. The first-order valence-corrected chi connectivity index (χ1v) is 8.18. The lowest BCUT2D eigenvalue weighted by Gasteiger charge is -2.04. The molecular weight excluding hydrogens is 280 g/mol. The van der Waals surface area contributed by atoms with Crippen LogP contribution in [0.15, 0.2) is 36.1 Å². The largest absolute Gasteiger partial charge is 0.508 e. The topological polar surface area (TPSA) is 77.8 Å². The van der Waals surface area contributed by atoms with Crippen LogP contribution in [0, 0.1) is 0 Å². The second kappa shape index (κ2) is 14.4. The van der Waals surface area contributed by atoms with Gasteiger partial charge in [-0.1, -0.05) is 50.8 Å². The standard InChI is InChI=1S/C18H30O4/c1-2-3-4-5-6-9-12-16(19)13-10-7-8-11-14-17(20)15-18(21)22/h7-8,10,12-13,17,19-20H,2-6,9,11,14-15H2,1H3,(H,21,22). The first-order chi connectivity index (χ1) is 10.6. The zero-order chi connectivity index (χ0) is 16.6. The van der Waals surface area contributed by atoms with Gasteiger partial charge in [0.25, 0.3) is 0 Å². The number of allylic oxidation sites excluding steroid dienone is 5. The van der Waals surface area contributed by atoms with Gasteiger partial charge in [0.1, 0.15) is 5.76 Å². The number of carbonyl (C=O) groups is 1. The molecule has 0 fully saturated rings. The summed E-state index contributed by atoms with van der Waals surface area (Å²) in [4.78, 5) is 10.4. The Hall–Kier alpha value is -1.55. The Morgan fingerprint density at radius 2 is 1.77 bits per heavy atom. The van der Waals surface area contributed by atoms with Crippen LogP contribution >= 0.6 is 0 Å². The number of unbranched alkanes of at least 4 members (excludes halogenated alkanes) is 5. The van der Waals surface area contributed by atoms with Crippen molar-refractivity contribution in [1.82, 2.24) is 0 Å². The van der Waals surface area contributed by atoms with Crippen LogP contribution in [0.3, 0.4) is 0 Å². The van der Waals surface area contributed by atoms with Gasteiger partial charge < -0.3 is 15.3 Å². The zero-order valence-corrected chi connectivity index (χ0v) is 13.6. The minimum Gasteiger partial charge on any atom is -0.508 e. The number of rotatable bonds is 13. The highest BCUT2D eigenvalue weighted by Gasteiger charge is 2.07. The highest BCUT2D eigenvalue weighted by molar-refractivity contribution is 5.67. The van der Waals surface area contributed by atoms with Crippen LogP contribution in [-0.2, 0) is 4.79 Å². The molecule has 0 aromatic carbocycles. The maximum Gasteiger partial charge on any atom is 0.305 e. The fourth-order valence-corrected chi connectivity index (χ4v) is 1.99. The second-order valence-electron chi connectivity index (χ2n) is 5.45. The molecule has 0 radical (unpaired) electrons. The van der Waals surface area contributed by atoms with Gasteiger partial charge >= 0.3 is 5.97 Å². The van der Waals surface area contributed by atoms with Gasteiger partial charge in [-0.3, -0.25) is 4.79 Å². The molecule has 0 rings (SSSR count). The van der Waals surface area contributed by atoms with Crippen LogP contribution in [0.25, 0.3) is 0 Å². The Morgan fingerprint density at radius 3 is 2.45 bits per heavy atom. The van der Waals surface area contributed by atoms with Crippen molar-refractivity contribution in [3.8, 4) is 0 Å². The van der Waals surface area contributed by atoms with Crippen LogP contribution in [-0.4, -0.2) is 27.4 Å². The maximum atomic E-state index is 10.4. The summed E-state index contributed by atoms with van der Waals surface area (Å²) < 4.78 is 0. The van der Waals surface area contributed by atoms with Crippen molar-refractivity contribution < 1.29 is 20.1 Å². The average Bonchev–Trinajstić information content (AvgIpc) is 2.45. The smallest absolute Gasteiger partial charge is 0.305 e. The van der Waals surface area contributed by atoms with E-state index in [9.17, 15) is 15.0 Å². The third-order valence-corrected chi connectivity index (χ3v) is 3.25. The maximum absolute atomic E-state index is 10.4. The van der Waals surface area contributed by atoms with Crippen LogP contribution in [0.1, 0.15) is 64.7 Å². The van der Waals surface area contributed by atoms with E-state index in [-0.39, 0.29) is 12.2 Å². The Morgan fingerprint density at radius 1 is 1.05 bits per heavy atom. The van der Waals surface area contributed by atoms with Crippen molar-refractivity contribution in [3.05, 3.63) is 36.1 Å². The molecule has 0 spiro atoms. The van der Waals surface area contributed by atoms with Gasteiger partial charge in [-0.25, -0.2) is 0 Å². The van der Waals surface area contributed by atoms with Gasteiger partial charge in [0.2, 0.25) is 0 Å². The molecule has 0 amide bonds. The highest BCUT2D eigenvalue weighted by Crippen LogP contribution is 2.07. The SMILES string of the molecule is CCCCCCCC=C(O)C=CC=CCCC(O)CC(=O)O. The average molecular weight is 310 g/mol. The van der Waals surface area contributed by atoms with Crippen molar-refractivity contribution in [1.29, 1.82) is 0 Å². The molecule has 0 bridgehead atoms. The molecule has 1 atom stereocenters. The van der Waals surface area contributed by atoms with Crippen molar-refractivity contribution >= 4 is 5.97 Å². The van der Waals surface area contributed by atoms with Crippen LogP contribution in [0.2, 0.25) is 0 Å².